The lowest BCUT2D eigenvalue weighted by atomic mass is 9.33. The van der Waals surface area contributed by atoms with Crippen molar-refractivity contribution in [3.8, 4) is 22.3 Å². The van der Waals surface area contributed by atoms with E-state index in [-0.39, 0.29) is 39.2 Å². The summed E-state index contributed by atoms with van der Waals surface area (Å²) in [5.41, 5.74) is 27.0. The molecule has 0 bridgehead atoms. The van der Waals surface area contributed by atoms with Gasteiger partial charge in [-0.3, -0.25) is 0 Å². The second-order valence-electron chi connectivity index (χ2n) is 26.5. The second-order valence-corrected chi connectivity index (χ2v) is 26.5. The van der Waals surface area contributed by atoms with Crippen LogP contribution in [0, 0.1) is 6.92 Å². The molecule has 7 aromatic carbocycles. The molecule has 0 aromatic heterocycles. The molecule has 0 N–H and O–H groups in total. The van der Waals surface area contributed by atoms with Crippen LogP contribution in [0.2, 0.25) is 0 Å². The first kappa shape index (κ1) is 46.6. The molecule has 70 heavy (non-hydrogen) atoms. The summed E-state index contributed by atoms with van der Waals surface area (Å²) >= 11 is 0. The number of rotatable bonds is 4. The monoisotopic (exact) mass is 919 g/mol. The Labute approximate surface area is 421 Å². The van der Waals surface area contributed by atoms with E-state index in [9.17, 15) is 0 Å². The maximum Gasteiger partial charge on any atom is 0.252 e. The summed E-state index contributed by atoms with van der Waals surface area (Å²) in [5.74, 6) is 0. The van der Waals surface area contributed by atoms with Crippen LogP contribution in [0.15, 0.2) is 133 Å². The molecule has 0 amide bonds. The highest BCUT2D eigenvalue weighted by Gasteiger charge is 2.48. The van der Waals surface area contributed by atoms with Gasteiger partial charge < -0.3 is 9.80 Å². The van der Waals surface area contributed by atoms with Crippen LogP contribution < -0.4 is 26.2 Å². The summed E-state index contributed by atoms with van der Waals surface area (Å²) in [6.07, 6.45) is 4.73. The lowest BCUT2D eigenvalue weighted by molar-refractivity contribution is 0.332. The van der Waals surface area contributed by atoms with Crippen molar-refractivity contribution in [2.24, 2.45) is 0 Å². The van der Waals surface area contributed by atoms with Crippen LogP contribution in [0.3, 0.4) is 0 Å². The van der Waals surface area contributed by atoms with Gasteiger partial charge in [-0.1, -0.05) is 182 Å². The molecule has 2 aliphatic heterocycles. The van der Waals surface area contributed by atoms with E-state index < -0.39 is 0 Å². The number of fused-ring (bicyclic) bond motifs is 6. The van der Waals surface area contributed by atoms with E-state index in [2.05, 4.69) is 247 Å². The molecule has 2 nitrogen and oxygen atoms in total. The Kier molecular flexibility index (Phi) is 10.4. The van der Waals surface area contributed by atoms with Crippen LogP contribution in [0.1, 0.15) is 162 Å². The molecule has 0 atom stereocenters. The molecule has 0 spiro atoms. The van der Waals surface area contributed by atoms with Gasteiger partial charge in [0.1, 0.15) is 0 Å². The van der Waals surface area contributed by atoms with Crippen LogP contribution in [-0.4, -0.2) is 6.71 Å². The van der Waals surface area contributed by atoms with Crippen LogP contribution >= 0.6 is 0 Å². The zero-order valence-electron chi connectivity index (χ0n) is 45.0. The first-order valence-electron chi connectivity index (χ1n) is 26.4. The first-order valence-corrected chi connectivity index (χ1v) is 26.4. The Morgan fingerprint density at radius 3 is 1.49 bits per heavy atom. The second kappa shape index (κ2) is 15.6. The molecule has 4 aliphatic rings. The van der Waals surface area contributed by atoms with E-state index in [1.165, 1.54) is 137 Å². The fourth-order valence-corrected chi connectivity index (χ4v) is 12.8. The number of benzene rings is 7. The van der Waals surface area contributed by atoms with Crippen molar-refractivity contribution >= 4 is 57.2 Å². The van der Waals surface area contributed by atoms with E-state index in [1.807, 2.05) is 0 Å². The average Bonchev–Trinajstić information content (AvgIpc) is 3.31. The third kappa shape index (κ3) is 7.42. The normalized spacial score (nSPS) is 18.1. The summed E-state index contributed by atoms with van der Waals surface area (Å²) in [6.45, 7) is 36.3. The molecule has 2 heterocycles. The van der Waals surface area contributed by atoms with Gasteiger partial charge >= 0.3 is 0 Å². The highest BCUT2D eigenvalue weighted by atomic mass is 15.2. The van der Waals surface area contributed by atoms with Crippen LogP contribution in [-0.2, 0) is 32.5 Å². The van der Waals surface area contributed by atoms with Gasteiger partial charge in [0.25, 0.3) is 6.71 Å². The quantitative estimate of drug-likeness (QED) is 0.162. The molecular weight excluding hydrogens is 844 g/mol. The number of nitrogens with zero attached hydrogens (tertiary/aromatic N) is 2. The molecule has 0 unspecified atom stereocenters. The molecule has 0 radical (unpaired) electrons. The van der Waals surface area contributed by atoms with Gasteiger partial charge in [0.2, 0.25) is 0 Å². The number of aryl methyl sites for hydroxylation is 1. The van der Waals surface area contributed by atoms with E-state index in [0.29, 0.717) is 0 Å². The van der Waals surface area contributed by atoms with Crippen molar-refractivity contribution in [1.29, 1.82) is 0 Å². The molecule has 3 heteroatoms. The molecule has 11 rings (SSSR count). The molecular formula is C67H75BN2. The predicted octanol–water partition coefficient (Wildman–Crippen LogP) is 16.7. The molecule has 0 saturated heterocycles. The maximum absolute atomic E-state index is 2.70. The minimum absolute atomic E-state index is 0.0311. The van der Waals surface area contributed by atoms with Gasteiger partial charge in [0.05, 0.1) is 5.69 Å². The maximum atomic E-state index is 2.70. The van der Waals surface area contributed by atoms with Crippen molar-refractivity contribution in [2.75, 3.05) is 9.80 Å². The Morgan fingerprint density at radius 2 is 0.886 bits per heavy atom. The van der Waals surface area contributed by atoms with Crippen LogP contribution in [0.4, 0.5) is 34.1 Å². The first-order chi connectivity index (χ1) is 32.8. The van der Waals surface area contributed by atoms with Crippen molar-refractivity contribution in [2.45, 2.75) is 162 Å². The van der Waals surface area contributed by atoms with Gasteiger partial charge in [-0.25, -0.2) is 0 Å². The van der Waals surface area contributed by atoms with E-state index in [1.54, 1.807) is 0 Å². The summed E-state index contributed by atoms with van der Waals surface area (Å²) < 4.78 is 0. The SMILES string of the molecule is Cc1cc2c3c(c1)N(c1ccc(C(C)(C)C)cc1-c1ccc(-c4ccccc4)cc1)c1ccc(C(C)(C)C)cc1B3c1cc3c(cc1N2c1ccc2c(c1)C(C)(C)CCC2(C)C)C(C)(C)CCC3(C)C. The van der Waals surface area contributed by atoms with Gasteiger partial charge in [0.15, 0.2) is 0 Å². The number of hydrogen-bond donors (Lipinski definition) is 0. The summed E-state index contributed by atoms with van der Waals surface area (Å²) in [6, 6.07) is 52.8. The largest absolute Gasteiger partial charge is 0.311 e. The molecule has 2 aliphatic carbocycles. The van der Waals surface area contributed by atoms with Crippen molar-refractivity contribution in [3.05, 3.63) is 172 Å². The Balaban J connectivity index is 1.23. The zero-order valence-corrected chi connectivity index (χ0v) is 45.0. The fraction of sp³-hybridized carbons (Fsp3) is 0.373. The van der Waals surface area contributed by atoms with Crippen molar-refractivity contribution in [3.63, 3.8) is 0 Å². The number of anilines is 6. The minimum atomic E-state index is -0.0363. The molecule has 7 aromatic rings. The third-order valence-electron chi connectivity index (χ3n) is 17.5. The molecule has 0 saturated carbocycles. The van der Waals surface area contributed by atoms with E-state index in [4.69, 9.17) is 0 Å². The van der Waals surface area contributed by atoms with Crippen LogP contribution in [0.25, 0.3) is 22.3 Å². The Hall–Kier alpha value is -5.80. The van der Waals surface area contributed by atoms with Crippen molar-refractivity contribution in [1.82, 2.24) is 0 Å². The summed E-state index contributed by atoms with van der Waals surface area (Å²) in [4.78, 5) is 5.36. The average molecular weight is 919 g/mol. The van der Waals surface area contributed by atoms with Crippen LogP contribution in [0.5, 0.6) is 0 Å². The van der Waals surface area contributed by atoms with Gasteiger partial charge in [0, 0.05) is 34.0 Å². The zero-order chi connectivity index (χ0) is 49.7. The Bertz CT molecular complexity index is 3240. The molecule has 0 fully saturated rings. The standard InChI is InChI=1S/C67H75BN2/c1-42-35-59-61-60(36-42)70(56-29-25-46(62(2,3)4)37-49(56)45-23-21-44(22-24-45)43-19-17-16-18-20-43)57-30-26-47(63(5,6)7)38-54(57)68(61)55-40-52-53(67(14,15)34-33-66(52,12)13)41-58(55)69(59)48-27-28-50-51(39-48)65(10,11)32-31-64(50,8)9/h16-30,35-41H,31-34H2,1-15H3. The Morgan fingerprint density at radius 1 is 0.400 bits per heavy atom. The van der Waals surface area contributed by atoms with Gasteiger partial charge in [-0.05, 0) is 186 Å². The predicted molar refractivity (Wildman–Crippen MR) is 304 cm³/mol. The lowest BCUT2D eigenvalue weighted by Crippen LogP contribution is -2.62. The summed E-state index contributed by atoms with van der Waals surface area (Å²) in [5, 5.41) is 0. The molecule has 356 valence electrons. The van der Waals surface area contributed by atoms with Crippen molar-refractivity contribution < 1.29 is 0 Å². The van der Waals surface area contributed by atoms with Gasteiger partial charge in [-0.15, -0.1) is 0 Å². The third-order valence-corrected chi connectivity index (χ3v) is 17.5. The highest BCUT2D eigenvalue weighted by Crippen LogP contribution is 2.53. The topological polar surface area (TPSA) is 6.48 Å². The minimum Gasteiger partial charge on any atom is -0.311 e. The number of hydrogen-bond acceptors (Lipinski definition) is 2. The van der Waals surface area contributed by atoms with Gasteiger partial charge in [-0.2, -0.15) is 0 Å². The van der Waals surface area contributed by atoms with E-state index >= 15 is 0 Å². The fourth-order valence-electron chi connectivity index (χ4n) is 12.8. The lowest BCUT2D eigenvalue weighted by Gasteiger charge is -2.48. The smallest absolute Gasteiger partial charge is 0.252 e. The van der Waals surface area contributed by atoms with E-state index in [0.717, 1.165) is 0 Å². The highest BCUT2D eigenvalue weighted by molar-refractivity contribution is 7.00. The summed E-state index contributed by atoms with van der Waals surface area (Å²) in [7, 11) is 0.